The molecule has 8 aromatic carbocycles. The monoisotopic (exact) mass is 608 g/mol. The second kappa shape index (κ2) is 11.8. The van der Waals surface area contributed by atoms with Gasteiger partial charge in [0.15, 0.2) is 0 Å². The van der Waals surface area contributed by atoms with Gasteiger partial charge in [-0.05, 0) is 95.1 Å². The molecule has 0 heteroatoms. The largest absolute Gasteiger partial charge is 0.0610 e. The molecule has 0 N–H and O–H groups in total. The topological polar surface area (TPSA) is 0 Å². The van der Waals surface area contributed by atoms with Crippen LogP contribution in [0.2, 0.25) is 0 Å². The molecule has 8 aromatic rings. The van der Waals surface area contributed by atoms with Crippen LogP contribution in [-0.2, 0) is 0 Å². The lowest BCUT2D eigenvalue weighted by Crippen LogP contribution is -1.84. The van der Waals surface area contributed by atoms with Crippen molar-refractivity contribution in [1.82, 2.24) is 0 Å². The second-order valence-corrected chi connectivity index (χ2v) is 12.6. The van der Waals surface area contributed by atoms with Gasteiger partial charge in [-0.1, -0.05) is 188 Å². The van der Waals surface area contributed by atoms with Crippen molar-refractivity contribution in [3.63, 3.8) is 0 Å². The van der Waals surface area contributed by atoms with E-state index in [1.807, 2.05) is 0 Å². The van der Waals surface area contributed by atoms with Gasteiger partial charge in [-0.3, -0.25) is 0 Å². The normalized spacial score (nSPS) is 11.3. The Hall–Kier alpha value is -6.24. The van der Waals surface area contributed by atoms with Crippen molar-refractivity contribution in [2.75, 3.05) is 0 Å². The van der Waals surface area contributed by atoms with Crippen LogP contribution in [0.3, 0.4) is 0 Å². The number of hydrogen-bond acceptors (Lipinski definition) is 0. The van der Waals surface area contributed by atoms with Gasteiger partial charge in [-0.25, -0.2) is 0 Å². The SMILES string of the molecule is c1cc2cc(c1)-c1ccc(cc1)-c1ccc(cc1)-c1ccc(cc1)-c1ccc(cc1)-c1ccc(cc1)-c1ccc(cc1)-c1ccc-2cc1. The summed E-state index contributed by atoms with van der Waals surface area (Å²) >= 11 is 0. The third kappa shape index (κ3) is 5.34. The average Bonchev–Trinajstić information content (AvgIpc) is 3.18. The van der Waals surface area contributed by atoms with Crippen LogP contribution < -0.4 is 0 Å². The minimum absolute atomic E-state index is 1.22. The van der Waals surface area contributed by atoms with Crippen LogP contribution in [-0.4, -0.2) is 0 Å². The molecular formula is C48H32. The Morgan fingerprint density at radius 2 is 0.250 bits per heavy atom. The van der Waals surface area contributed by atoms with Crippen LogP contribution in [0.15, 0.2) is 194 Å². The second-order valence-electron chi connectivity index (χ2n) is 12.6. The van der Waals surface area contributed by atoms with E-state index in [1.165, 1.54) is 89.0 Å². The van der Waals surface area contributed by atoms with Crippen molar-refractivity contribution >= 4 is 0 Å². The Morgan fingerprint density at radius 3 is 0.396 bits per heavy atom. The van der Waals surface area contributed by atoms with E-state index in [1.54, 1.807) is 0 Å². The van der Waals surface area contributed by atoms with Crippen molar-refractivity contribution in [2.45, 2.75) is 0 Å². The van der Waals surface area contributed by atoms with Crippen molar-refractivity contribution in [1.29, 1.82) is 0 Å². The molecular weight excluding hydrogens is 577 g/mol. The standard InChI is InChI=1S/C48H32/c1-2-47-32-48(3-1)46-30-26-44(27-31-46)42-22-18-40(19-23-42)38-14-10-36(11-15-38)34-6-4-33(5-7-34)35-8-12-37(13-9-35)39-16-20-41(21-17-39)43-24-28-45(47)29-25-43/h1-32H. The molecule has 0 saturated carbocycles. The Kier molecular flexibility index (Phi) is 6.91. The first kappa shape index (κ1) is 28.0. The number of fused-ring (bicyclic) bond motifs is 1. The third-order valence-electron chi connectivity index (χ3n) is 9.72. The average molecular weight is 609 g/mol. The quantitative estimate of drug-likeness (QED) is 0.161. The number of rotatable bonds is 0. The van der Waals surface area contributed by atoms with E-state index in [2.05, 4.69) is 194 Å². The van der Waals surface area contributed by atoms with Crippen LogP contribution in [0.4, 0.5) is 0 Å². The van der Waals surface area contributed by atoms with Gasteiger partial charge < -0.3 is 0 Å². The molecule has 0 unspecified atom stereocenters. The molecule has 0 spiro atoms. The maximum atomic E-state index is 2.29. The fourth-order valence-electron chi connectivity index (χ4n) is 6.86. The summed E-state index contributed by atoms with van der Waals surface area (Å²) in [5.41, 5.74) is 19.5. The van der Waals surface area contributed by atoms with Gasteiger partial charge in [0.2, 0.25) is 0 Å². The summed E-state index contributed by atoms with van der Waals surface area (Å²) in [7, 11) is 0. The third-order valence-corrected chi connectivity index (χ3v) is 9.72. The Labute approximate surface area is 282 Å². The lowest BCUT2D eigenvalue weighted by atomic mass is 9.95. The summed E-state index contributed by atoms with van der Waals surface area (Å²) in [6.07, 6.45) is 0. The zero-order chi connectivity index (χ0) is 31.9. The van der Waals surface area contributed by atoms with Crippen molar-refractivity contribution in [3.8, 4) is 89.0 Å². The highest BCUT2D eigenvalue weighted by atomic mass is 14.1. The molecule has 0 amide bonds. The minimum Gasteiger partial charge on any atom is -0.0610 e. The molecule has 0 atom stereocenters. The van der Waals surface area contributed by atoms with Crippen LogP contribution in [0, 0.1) is 0 Å². The highest BCUT2D eigenvalue weighted by Crippen LogP contribution is 2.33. The Balaban J connectivity index is 1.10. The van der Waals surface area contributed by atoms with Gasteiger partial charge >= 0.3 is 0 Å². The molecule has 0 aromatic heterocycles. The van der Waals surface area contributed by atoms with Gasteiger partial charge in [0.25, 0.3) is 0 Å². The summed E-state index contributed by atoms with van der Waals surface area (Å²) < 4.78 is 0. The zero-order valence-electron chi connectivity index (χ0n) is 26.5. The number of benzene rings is 8. The lowest BCUT2D eigenvalue weighted by molar-refractivity contribution is 1.56. The molecule has 0 radical (unpaired) electrons. The van der Waals surface area contributed by atoms with Crippen LogP contribution in [0.5, 0.6) is 0 Å². The molecule has 224 valence electrons. The van der Waals surface area contributed by atoms with E-state index in [9.17, 15) is 0 Å². The first-order valence-electron chi connectivity index (χ1n) is 16.6. The summed E-state index contributed by atoms with van der Waals surface area (Å²) in [6, 6.07) is 71.2. The van der Waals surface area contributed by atoms with Crippen molar-refractivity contribution < 1.29 is 0 Å². The highest BCUT2D eigenvalue weighted by Gasteiger charge is 2.08. The maximum absolute atomic E-state index is 2.29. The molecule has 16 bridgehead atoms. The summed E-state index contributed by atoms with van der Waals surface area (Å²) in [5.74, 6) is 0. The summed E-state index contributed by atoms with van der Waals surface area (Å²) in [4.78, 5) is 0. The van der Waals surface area contributed by atoms with E-state index in [-0.39, 0.29) is 0 Å². The maximum Gasteiger partial charge on any atom is -0.0178 e. The lowest BCUT2D eigenvalue weighted by Gasteiger charge is -2.10. The molecule has 0 aliphatic heterocycles. The molecule has 11 aliphatic rings. The molecule has 19 rings (SSSR count). The van der Waals surface area contributed by atoms with Gasteiger partial charge in [0, 0.05) is 0 Å². The van der Waals surface area contributed by atoms with Gasteiger partial charge in [0.05, 0.1) is 0 Å². The van der Waals surface area contributed by atoms with Gasteiger partial charge in [-0.2, -0.15) is 0 Å². The van der Waals surface area contributed by atoms with Crippen molar-refractivity contribution in [2.24, 2.45) is 0 Å². The fraction of sp³-hybridized carbons (Fsp3) is 0. The first-order valence-corrected chi connectivity index (χ1v) is 16.6. The predicted molar refractivity (Wildman–Crippen MR) is 203 cm³/mol. The van der Waals surface area contributed by atoms with E-state index in [0.717, 1.165) is 0 Å². The minimum atomic E-state index is 1.22. The molecule has 0 nitrogen and oxygen atoms in total. The van der Waals surface area contributed by atoms with Crippen molar-refractivity contribution in [3.05, 3.63) is 194 Å². The van der Waals surface area contributed by atoms with Crippen LogP contribution in [0.1, 0.15) is 0 Å². The first-order chi connectivity index (χ1) is 23.7. The molecule has 11 aliphatic carbocycles. The molecule has 48 heavy (non-hydrogen) atoms. The van der Waals surface area contributed by atoms with E-state index >= 15 is 0 Å². The zero-order valence-corrected chi connectivity index (χ0v) is 26.5. The van der Waals surface area contributed by atoms with E-state index in [0.29, 0.717) is 0 Å². The smallest absolute Gasteiger partial charge is 0.0178 e. The van der Waals surface area contributed by atoms with Crippen LogP contribution in [0.25, 0.3) is 89.0 Å². The van der Waals surface area contributed by atoms with E-state index in [4.69, 9.17) is 0 Å². The van der Waals surface area contributed by atoms with Gasteiger partial charge in [-0.15, -0.1) is 0 Å². The van der Waals surface area contributed by atoms with Gasteiger partial charge in [0.1, 0.15) is 0 Å². The molecule has 0 fully saturated rings. The summed E-state index contributed by atoms with van der Waals surface area (Å²) in [5, 5.41) is 0. The Morgan fingerprint density at radius 1 is 0.125 bits per heavy atom. The predicted octanol–water partition coefficient (Wildman–Crippen LogP) is 13.3. The highest BCUT2D eigenvalue weighted by molar-refractivity contribution is 5.79. The number of hydrogen-bond donors (Lipinski definition) is 0. The molecule has 0 saturated heterocycles. The molecule has 0 heterocycles. The fourth-order valence-corrected chi connectivity index (χ4v) is 6.86. The van der Waals surface area contributed by atoms with E-state index < -0.39 is 0 Å². The Bertz CT molecular complexity index is 2170. The van der Waals surface area contributed by atoms with Crippen LogP contribution >= 0.6 is 0 Å². The summed E-state index contributed by atoms with van der Waals surface area (Å²) in [6.45, 7) is 0.